The van der Waals surface area contributed by atoms with Crippen molar-refractivity contribution in [3.05, 3.63) is 18.1 Å². The molecule has 0 aliphatic carbocycles. The Morgan fingerprint density at radius 3 is 2.88 bits per heavy atom. The van der Waals surface area contributed by atoms with Crippen LogP contribution in [0.2, 0.25) is 0 Å². The highest BCUT2D eigenvalue weighted by Crippen LogP contribution is 2.18. The van der Waals surface area contributed by atoms with Crippen molar-refractivity contribution < 1.29 is 4.79 Å². The SMILES string of the molecule is NC(=O)C1CCCCN1Cc1cnc(N)cn1. The summed E-state index contributed by atoms with van der Waals surface area (Å²) in [6.45, 7) is 1.47. The van der Waals surface area contributed by atoms with E-state index in [9.17, 15) is 4.79 Å². The van der Waals surface area contributed by atoms with Crippen LogP contribution in [-0.4, -0.2) is 33.4 Å². The van der Waals surface area contributed by atoms with Crippen LogP contribution in [0.15, 0.2) is 12.4 Å². The Balaban J connectivity index is 2.05. The second-order valence-corrected chi connectivity index (χ2v) is 4.32. The van der Waals surface area contributed by atoms with Crippen molar-refractivity contribution in [1.82, 2.24) is 14.9 Å². The number of aromatic nitrogens is 2. The van der Waals surface area contributed by atoms with Gasteiger partial charge in [0.05, 0.1) is 24.1 Å². The second kappa shape index (κ2) is 5.09. The van der Waals surface area contributed by atoms with Gasteiger partial charge in [0.2, 0.25) is 5.91 Å². The molecule has 0 spiro atoms. The number of nitrogen functional groups attached to an aromatic ring is 1. The van der Waals surface area contributed by atoms with Gasteiger partial charge in [0, 0.05) is 6.54 Å². The molecule has 1 aliphatic heterocycles. The van der Waals surface area contributed by atoms with E-state index >= 15 is 0 Å². The van der Waals surface area contributed by atoms with Crippen molar-refractivity contribution in [2.45, 2.75) is 31.8 Å². The minimum atomic E-state index is -0.256. The van der Waals surface area contributed by atoms with E-state index in [1.165, 1.54) is 6.20 Å². The van der Waals surface area contributed by atoms with Crippen LogP contribution in [0, 0.1) is 0 Å². The first-order valence-corrected chi connectivity index (χ1v) is 5.76. The summed E-state index contributed by atoms with van der Waals surface area (Å²) in [6.07, 6.45) is 6.14. The molecule has 1 amide bonds. The Hall–Kier alpha value is -1.69. The zero-order chi connectivity index (χ0) is 12.3. The van der Waals surface area contributed by atoms with Crippen LogP contribution in [0.5, 0.6) is 0 Å². The molecule has 6 nitrogen and oxygen atoms in total. The Labute approximate surface area is 100 Å². The molecule has 2 heterocycles. The van der Waals surface area contributed by atoms with Crippen LogP contribution in [-0.2, 0) is 11.3 Å². The van der Waals surface area contributed by atoms with Crippen LogP contribution in [0.3, 0.4) is 0 Å². The number of rotatable bonds is 3. The number of hydrogen-bond acceptors (Lipinski definition) is 5. The van der Waals surface area contributed by atoms with Gasteiger partial charge < -0.3 is 11.5 Å². The third-order valence-corrected chi connectivity index (χ3v) is 3.03. The lowest BCUT2D eigenvalue weighted by Gasteiger charge is -2.33. The number of nitrogens with zero attached hydrogens (tertiary/aromatic N) is 3. The molecule has 1 aliphatic rings. The maximum Gasteiger partial charge on any atom is 0.234 e. The van der Waals surface area contributed by atoms with Crippen LogP contribution in [0.4, 0.5) is 5.82 Å². The van der Waals surface area contributed by atoms with Gasteiger partial charge in [0.15, 0.2) is 0 Å². The van der Waals surface area contributed by atoms with Gasteiger partial charge in [-0.15, -0.1) is 0 Å². The topological polar surface area (TPSA) is 98.1 Å². The molecular formula is C11H17N5O. The van der Waals surface area contributed by atoms with Crippen LogP contribution >= 0.6 is 0 Å². The normalized spacial score (nSPS) is 21.3. The molecule has 92 valence electrons. The van der Waals surface area contributed by atoms with Crippen molar-refractivity contribution in [1.29, 1.82) is 0 Å². The van der Waals surface area contributed by atoms with Crippen LogP contribution < -0.4 is 11.5 Å². The molecule has 1 atom stereocenters. The lowest BCUT2D eigenvalue weighted by atomic mass is 10.0. The fourth-order valence-electron chi connectivity index (χ4n) is 2.16. The van der Waals surface area contributed by atoms with Gasteiger partial charge in [0.1, 0.15) is 5.82 Å². The maximum absolute atomic E-state index is 11.3. The molecule has 6 heteroatoms. The summed E-state index contributed by atoms with van der Waals surface area (Å²) in [6, 6.07) is -0.178. The number of anilines is 1. The highest BCUT2D eigenvalue weighted by atomic mass is 16.1. The van der Waals surface area contributed by atoms with Crippen molar-refractivity contribution in [3.63, 3.8) is 0 Å². The van der Waals surface area contributed by atoms with E-state index in [0.717, 1.165) is 31.5 Å². The third-order valence-electron chi connectivity index (χ3n) is 3.03. The zero-order valence-electron chi connectivity index (χ0n) is 9.67. The summed E-state index contributed by atoms with van der Waals surface area (Å²) in [5.41, 5.74) is 11.7. The number of amides is 1. The molecule has 4 N–H and O–H groups in total. The van der Waals surface area contributed by atoms with Gasteiger partial charge in [-0.25, -0.2) is 4.98 Å². The largest absolute Gasteiger partial charge is 0.382 e. The smallest absolute Gasteiger partial charge is 0.234 e. The summed E-state index contributed by atoms with van der Waals surface area (Å²) in [4.78, 5) is 21.6. The predicted molar refractivity (Wildman–Crippen MR) is 63.7 cm³/mol. The first kappa shape index (κ1) is 11.8. The number of carbonyl (C=O) groups is 1. The van der Waals surface area contributed by atoms with Gasteiger partial charge >= 0.3 is 0 Å². The standard InChI is InChI=1S/C11H17N5O/c12-10-6-14-8(5-15-10)7-16-4-2-1-3-9(16)11(13)17/h5-6,9H,1-4,7H2,(H2,12,15)(H2,13,17). The van der Waals surface area contributed by atoms with E-state index in [1.54, 1.807) is 6.20 Å². The number of carbonyl (C=O) groups excluding carboxylic acids is 1. The first-order valence-electron chi connectivity index (χ1n) is 5.76. The molecule has 1 saturated heterocycles. The summed E-state index contributed by atoms with van der Waals surface area (Å²) in [7, 11) is 0. The van der Waals surface area contributed by atoms with Gasteiger partial charge in [0.25, 0.3) is 0 Å². The maximum atomic E-state index is 11.3. The molecule has 1 unspecified atom stereocenters. The number of primary amides is 1. The van der Waals surface area contributed by atoms with E-state index in [0.29, 0.717) is 12.4 Å². The number of piperidine rings is 1. The molecular weight excluding hydrogens is 218 g/mol. The molecule has 17 heavy (non-hydrogen) atoms. The fraction of sp³-hybridized carbons (Fsp3) is 0.545. The van der Waals surface area contributed by atoms with Crippen molar-refractivity contribution in [2.24, 2.45) is 5.73 Å². The summed E-state index contributed by atoms with van der Waals surface area (Å²) in [5.74, 6) is 0.145. The van der Waals surface area contributed by atoms with Crippen molar-refractivity contribution in [2.75, 3.05) is 12.3 Å². The molecule has 2 rings (SSSR count). The molecule has 1 aromatic rings. The van der Waals surface area contributed by atoms with Crippen LogP contribution in [0.25, 0.3) is 0 Å². The third kappa shape index (κ3) is 2.91. The second-order valence-electron chi connectivity index (χ2n) is 4.32. The van der Waals surface area contributed by atoms with E-state index in [1.807, 2.05) is 0 Å². The van der Waals surface area contributed by atoms with Gasteiger partial charge in [-0.05, 0) is 19.4 Å². The van der Waals surface area contributed by atoms with E-state index in [4.69, 9.17) is 11.5 Å². The summed E-state index contributed by atoms with van der Waals surface area (Å²) >= 11 is 0. The minimum Gasteiger partial charge on any atom is -0.382 e. The molecule has 0 saturated carbocycles. The lowest BCUT2D eigenvalue weighted by molar-refractivity contribution is -0.124. The fourth-order valence-corrected chi connectivity index (χ4v) is 2.16. The van der Waals surface area contributed by atoms with Crippen LogP contribution in [0.1, 0.15) is 25.0 Å². The summed E-state index contributed by atoms with van der Waals surface area (Å²) in [5, 5.41) is 0. The molecule has 0 bridgehead atoms. The Morgan fingerprint density at radius 1 is 1.41 bits per heavy atom. The lowest BCUT2D eigenvalue weighted by Crippen LogP contribution is -2.47. The molecule has 1 aromatic heterocycles. The minimum absolute atomic E-state index is 0.178. The monoisotopic (exact) mass is 235 g/mol. The molecule has 1 fully saturated rings. The van der Waals surface area contributed by atoms with E-state index < -0.39 is 0 Å². The van der Waals surface area contributed by atoms with Gasteiger partial charge in [-0.1, -0.05) is 6.42 Å². The predicted octanol–water partition coefficient (Wildman–Crippen LogP) is -0.101. The van der Waals surface area contributed by atoms with E-state index in [2.05, 4.69) is 14.9 Å². The molecule has 0 aromatic carbocycles. The van der Waals surface area contributed by atoms with Crippen molar-refractivity contribution >= 4 is 11.7 Å². The van der Waals surface area contributed by atoms with Gasteiger partial charge in [-0.3, -0.25) is 14.7 Å². The average Bonchev–Trinajstić information content (AvgIpc) is 2.32. The summed E-state index contributed by atoms with van der Waals surface area (Å²) < 4.78 is 0. The van der Waals surface area contributed by atoms with Gasteiger partial charge in [-0.2, -0.15) is 0 Å². The Kier molecular flexibility index (Phi) is 3.53. The average molecular weight is 235 g/mol. The quantitative estimate of drug-likeness (QED) is 0.762. The zero-order valence-corrected chi connectivity index (χ0v) is 9.67. The Morgan fingerprint density at radius 2 is 2.24 bits per heavy atom. The number of nitrogens with two attached hydrogens (primary N) is 2. The van der Waals surface area contributed by atoms with Crippen molar-refractivity contribution in [3.8, 4) is 0 Å². The van der Waals surface area contributed by atoms with E-state index in [-0.39, 0.29) is 11.9 Å². The number of hydrogen-bond donors (Lipinski definition) is 2. The highest BCUT2D eigenvalue weighted by molar-refractivity contribution is 5.79. The molecule has 0 radical (unpaired) electrons. The highest BCUT2D eigenvalue weighted by Gasteiger charge is 2.26. The number of likely N-dealkylation sites (tertiary alicyclic amines) is 1. The first-order chi connectivity index (χ1) is 8.16. The Bertz CT molecular complexity index is 391.